The van der Waals surface area contributed by atoms with Gasteiger partial charge in [0.15, 0.2) is 0 Å². The van der Waals surface area contributed by atoms with E-state index in [-0.39, 0.29) is 11.0 Å². The number of ether oxygens (including phenoxy) is 1. The first-order chi connectivity index (χ1) is 9.42. The molecule has 0 spiro atoms. The van der Waals surface area contributed by atoms with Crippen LogP contribution < -0.4 is 4.74 Å². The minimum atomic E-state index is -0.307. The maximum atomic E-state index is 9.50. The van der Waals surface area contributed by atoms with Crippen LogP contribution in [0.25, 0.3) is 0 Å². The smallest absolute Gasteiger partial charge is 0.123 e. The van der Waals surface area contributed by atoms with Crippen molar-refractivity contribution in [1.29, 1.82) is 0 Å². The van der Waals surface area contributed by atoms with Crippen LogP contribution in [-0.4, -0.2) is 10.7 Å². The molecule has 3 rings (SSSR count). The average Bonchev–Trinajstić information content (AvgIpc) is 2.40. The summed E-state index contributed by atoms with van der Waals surface area (Å²) < 4.78 is 6.26. The highest BCUT2D eigenvalue weighted by Crippen LogP contribution is 2.46. The van der Waals surface area contributed by atoms with Crippen LogP contribution in [0.4, 0.5) is 0 Å². The number of para-hydroxylation sites is 1. The molecule has 0 radical (unpaired) electrons. The van der Waals surface area contributed by atoms with Crippen LogP contribution in [0, 0.1) is 0 Å². The van der Waals surface area contributed by atoms with E-state index in [2.05, 4.69) is 32.9 Å². The van der Waals surface area contributed by atoms with Gasteiger partial charge in [-0.05, 0) is 49.6 Å². The standard InChI is InChI=1S/C18H20O2/c1-17(2)18(3,14-8-10-15(19)11-9-14)12-13-6-4-5-7-16(13)20-17/h4-11,19H,12H2,1-3H3. The first-order valence-corrected chi connectivity index (χ1v) is 6.99. The fourth-order valence-electron chi connectivity index (χ4n) is 3.01. The topological polar surface area (TPSA) is 29.5 Å². The van der Waals surface area contributed by atoms with Crippen LogP contribution in [0.2, 0.25) is 0 Å². The molecule has 2 nitrogen and oxygen atoms in total. The SMILES string of the molecule is CC1(C)Oc2ccccc2CC1(C)c1ccc(O)cc1. The van der Waals surface area contributed by atoms with Crippen molar-refractivity contribution in [3.05, 3.63) is 59.7 Å². The predicted molar refractivity (Wildman–Crippen MR) is 80.3 cm³/mol. The van der Waals surface area contributed by atoms with E-state index < -0.39 is 0 Å². The molecule has 0 aliphatic carbocycles. The number of phenolic OH excluding ortho intramolecular Hbond substituents is 1. The highest BCUT2D eigenvalue weighted by atomic mass is 16.5. The summed E-state index contributed by atoms with van der Waals surface area (Å²) in [5.74, 6) is 1.28. The summed E-state index contributed by atoms with van der Waals surface area (Å²) in [5.41, 5.74) is 1.99. The summed E-state index contributed by atoms with van der Waals surface area (Å²) in [6.07, 6.45) is 0.931. The van der Waals surface area contributed by atoms with Gasteiger partial charge >= 0.3 is 0 Å². The molecule has 20 heavy (non-hydrogen) atoms. The molecule has 1 aliphatic rings. The Morgan fingerprint density at radius 2 is 1.60 bits per heavy atom. The third kappa shape index (κ3) is 1.87. The van der Waals surface area contributed by atoms with Crippen LogP contribution in [0.5, 0.6) is 11.5 Å². The molecule has 0 fully saturated rings. The number of phenols is 1. The molecular formula is C18H20O2. The Morgan fingerprint density at radius 1 is 0.950 bits per heavy atom. The van der Waals surface area contributed by atoms with Crippen LogP contribution in [-0.2, 0) is 11.8 Å². The maximum absolute atomic E-state index is 9.50. The van der Waals surface area contributed by atoms with Crippen molar-refractivity contribution in [2.24, 2.45) is 0 Å². The number of benzene rings is 2. The number of fused-ring (bicyclic) bond motifs is 1. The molecule has 0 bridgehead atoms. The van der Waals surface area contributed by atoms with Gasteiger partial charge in [-0.1, -0.05) is 37.3 Å². The van der Waals surface area contributed by atoms with Gasteiger partial charge in [0.2, 0.25) is 0 Å². The molecule has 1 N–H and O–H groups in total. The van der Waals surface area contributed by atoms with E-state index in [0.29, 0.717) is 5.75 Å². The number of hydrogen-bond acceptors (Lipinski definition) is 2. The van der Waals surface area contributed by atoms with Gasteiger partial charge in [0.1, 0.15) is 17.1 Å². The lowest BCUT2D eigenvalue weighted by Gasteiger charge is -2.48. The quantitative estimate of drug-likeness (QED) is 0.845. The van der Waals surface area contributed by atoms with Gasteiger partial charge in [-0.3, -0.25) is 0 Å². The first-order valence-electron chi connectivity index (χ1n) is 6.99. The van der Waals surface area contributed by atoms with Crippen LogP contribution >= 0.6 is 0 Å². The van der Waals surface area contributed by atoms with Crippen LogP contribution in [0.3, 0.4) is 0 Å². The average molecular weight is 268 g/mol. The lowest BCUT2D eigenvalue weighted by atomic mass is 9.65. The van der Waals surface area contributed by atoms with Gasteiger partial charge in [0.25, 0.3) is 0 Å². The second-order valence-corrected chi connectivity index (χ2v) is 6.28. The Hall–Kier alpha value is -1.96. The molecule has 1 aliphatic heterocycles. The van der Waals surface area contributed by atoms with E-state index in [0.717, 1.165) is 12.2 Å². The largest absolute Gasteiger partial charge is 0.508 e. The molecule has 0 saturated heterocycles. The molecule has 0 amide bonds. The van der Waals surface area contributed by atoms with Gasteiger partial charge in [-0.2, -0.15) is 0 Å². The fourth-order valence-corrected chi connectivity index (χ4v) is 3.01. The van der Waals surface area contributed by atoms with Crippen molar-refractivity contribution in [3.63, 3.8) is 0 Å². The third-order valence-corrected chi connectivity index (χ3v) is 4.71. The van der Waals surface area contributed by atoms with Crippen molar-refractivity contribution in [2.45, 2.75) is 38.2 Å². The molecule has 1 atom stereocenters. The zero-order chi connectivity index (χ0) is 14.4. The second-order valence-electron chi connectivity index (χ2n) is 6.28. The number of aromatic hydroxyl groups is 1. The zero-order valence-electron chi connectivity index (χ0n) is 12.2. The van der Waals surface area contributed by atoms with Gasteiger partial charge in [-0.15, -0.1) is 0 Å². The molecule has 0 saturated carbocycles. The lowest BCUT2D eigenvalue weighted by molar-refractivity contribution is 0.00980. The summed E-state index contributed by atoms with van der Waals surface area (Å²) in [6, 6.07) is 15.7. The zero-order valence-corrected chi connectivity index (χ0v) is 12.2. The first kappa shape index (κ1) is 13.0. The monoisotopic (exact) mass is 268 g/mol. The van der Waals surface area contributed by atoms with Crippen molar-refractivity contribution in [1.82, 2.24) is 0 Å². The summed E-state index contributed by atoms with van der Waals surface area (Å²) >= 11 is 0. The van der Waals surface area contributed by atoms with E-state index in [1.54, 1.807) is 12.1 Å². The number of rotatable bonds is 1. The Balaban J connectivity index is 2.10. The fraction of sp³-hybridized carbons (Fsp3) is 0.333. The highest BCUT2D eigenvalue weighted by molar-refractivity contribution is 5.44. The van der Waals surface area contributed by atoms with E-state index in [1.807, 2.05) is 24.3 Å². The minimum absolute atomic E-state index is 0.130. The van der Waals surface area contributed by atoms with Gasteiger partial charge in [-0.25, -0.2) is 0 Å². The highest BCUT2D eigenvalue weighted by Gasteiger charge is 2.47. The molecular weight excluding hydrogens is 248 g/mol. The van der Waals surface area contributed by atoms with Crippen molar-refractivity contribution in [3.8, 4) is 11.5 Å². The minimum Gasteiger partial charge on any atom is -0.508 e. The number of hydrogen-bond donors (Lipinski definition) is 1. The normalized spacial score (nSPS) is 23.8. The van der Waals surface area contributed by atoms with Gasteiger partial charge < -0.3 is 9.84 Å². The summed E-state index contributed by atoms with van der Waals surface area (Å²) in [6.45, 7) is 6.50. The molecule has 104 valence electrons. The predicted octanol–water partition coefficient (Wildman–Crippen LogP) is 4.06. The lowest BCUT2D eigenvalue weighted by Crippen LogP contribution is -2.53. The van der Waals surface area contributed by atoms with Crippen molar-refractivity contribution < 1.29 is 9.84 Å². The molecule has 2 aromatic carbocycles. The Morgan fingerprint density at radius 3 is 2.30 bits per heavy atom. The summed E-state index contributed by atoms with van der Waals surface area (Å²) in [4.78, 5) is 0. The second kappa shape index (κ2) is 4.27. The van der Waals surface area contributed by atoms with E-state index in [9.17, 15) is 5.11 Å². The molecule has 1 unspecified atom stereocenters. The Bertz CT molecular complexity index is 628. The van der Waals surface area contributed by atoms with E-state index >= 15 is 0 Å². The van der Waals surface area contributed by atoms with E-state index in [1.165, 1.54) is 11.1 Å². The van der Waals surface area contributed by atoms with Gasteiger partial charge in [0.05, 0.1) is 0 Å². The summed E-state index contributed by atoms with van der Waals surface area (Å²) in [5, 5.41) is 9.50. The summed E-state index contributed by atoms with van der Waals surface area (Å²) in [7, 11) is 0. The maximum Gasteiger partial charge on any atom is 0.123 e. The van der Waals surface area contributed by atoms with Crippen molar-refractivity contribution in [2.75, 3.05) is 0 Å². The molecule has 0 aromatic heterocycles. The Kier molecular flexibility index (Phi) is 2.79. The van der Waals surface area contributed by atoms with Crippen molar-refractivity contribution >= 4 is 0 Å². The van der Waals surface area contributed by atoms with E-state index in [4.69, 9.17) is 4.74 Å². The van der Waals surface area contributed by atoms with Gasteiger partial charge in [0, 0.05) is 5.41 Å². The third-order valence-electron chi connectivity index (χ3n) is 4.71. The van der Waals surface area contributed by atoms with Crippen LogP contribution in [0.15, 0.2) is 48.5 Å². The van der Waals surface area contributed by atoms with Crippen LogP contribution in [0.1, 0.15) is 31.9 Å². The molecule has 2 heteroatoms. The molecule has 1 heterocycles. The Labute approximate surface area is 120 Å². The molecule has 2 aromatic rings.